The van der Waals surface area contributed by atoms with Crippen molar-refractivity contribution >= 4 is 11.4 Å². The van der Waals surface area contributed by atoms with Crippen LogP contribution in [-0.4, -0.2) is 16.5 Å². The number of hydrogen-bond donors (Lipinski definition) is 3. The Morgan fingerprint density at radius 3 is 2.37 bits per heavy atom. The number of hydrogen-bond acceptors (Lipinski definition) is 3. The molecule has 3 N–H and O–H groups in total. The standard InChI is InChI=1S/C16H14N2O/c17-12-8-10-4-1-2-6-13(10)16(18)15-11(9-12)5-3-7-14(15)19/h1-7,17-19H,8-9H2. The van der Waals surface area contributed by atoms with Gasteiger partial charge >= 0.3 is 0 Å². The molecule has 0 spiro atoms. The first-order valence-electron chi connectivity index (χ1n) is 6.21. The summed E-state index contributed by atoms with van der Waals surface area (Å²) in [4.78, 5) is 0. The van der Waals surface area contributed by atoms with Crippen molar-refractivity contribution in [2.75, 3.05) is 0 Å². The monoisotopic (exact) mass is 250 g/mol. The summed E-state index contributed by atoms with van der Waals surface area (Å²) >= 11 is 0. The fourth-order valence-electron chi connectivity index (χ4n) is 2.60. The molecule has 3 rings (SSSR count). The van der Waals surface area contributed by atoms with Crippen molar-refractivity contribution in [2.45, 2.75) is 12.8 Å². The van der Waals surface area contributed by atoms with Crippen molar-refractivity contribution in [3.8, 4) is 5.75 Å². The third-order valence-corrected chi connectivity index (χ3v) is 3.47. The van der Waals surface area contributed by atoms with Crippen LogP contribution in [0.1, 0.15) is 22.3 Å². The zero-order chi connectivity index (χ0) is 13.4. The van der Waals surface area contributed by atoms with Gasteiger partial charge in [-0.15, -0.1) is 0 Å². The molecule has 0 saturated carbocycles. The summed E-state index contributed by atoms with van der Waals surface area (Å²) < 4.78 is 0. The molecule has 2 aromatic rings. The van der Waals surface area contributed by atoms with Crippen molar-refractivity contribution in [1.82, 2.24) is 0 Å². The van der Waals surface area contributed by atoms with Gasteiger partial charge in [0.05, 0.1) is 5.71 Å². The Morgan fingerprint density at radius 1 is 0.842 bits per heavy atom. The SMILES string of the molecule is N=C1Cc2ccccc2C(=N)c2c(O)cccc2C1. The lowest BCUT2D eigenvalue weighted by Crippen LogP contribution is -2.17. The quantitative estimate of drug-likeness (QED) is 0.661. The molecule has 3 heteroatoms. The first kappa shape index (κ1) is 11.7. The van der Waals surface area contributed by atoms with Crippen LogP contribution in [-0.2, 0) is 12.8 Å². The number of phenolic OH excluding ortho intramolecular Hbond substituents is 1. The Hall–Kier alpha value is -2.42. The van der Waals surface area contributed by atoms with Gasteiger partial charge in [-0.3, -0.25) is 5.41 Å². The zero-order valence-corrected chi connectivity index (χ0v) is 10.4. The lowest BCUT2D eigenvalue weighted by atomic mass is 9.86. The van der Waals surface area contributed by atoms with Crippen LogP contribution in [0.15, 0.2) is 42.5 Å². The number of rotatable bonds is 0. The highest BCUT2D eigenvalue weighted by molar-refractivity contribution is 6.15. The van der Waals surface area contributed by atoms with Crippen LogP contribution >= 0.6 is 0 Å². The Morgan fingerprint density at radius 2 is 1.53 bits per heavy atom. The van der Waals surface area contributed by atoms with E-state index in [4.69, 9.17) is 10.8 Å². The van der Waals surface area contributed by atoms with Crippen LogP contribution in [0.2, 0.25) is 0 Å². The van der Waals surface area contributed by atoms with E-state index >= 15 is 0 Å². The topological polar surface area (TPSA) is 67.9 Å². The minimum Gasteiger partial charge on any atom is -0.507 e. The van der Waals surface area contributed by atoms with Crippen LogP contribution in [0.4, 0.5) is 0 Å². The molecule has 1 aliphatic carbocycles. The van der Waals surface area contributed by atoms with E-state index in [1.807, 2.05) is 30.3 Å². The van der Waals surface area contributed by atoms with E-state index in [0.29, 0.717) is 29.8 Å². The largest absolute Gasteiger partial charge is 0.507 e. The molecule has 0 saturated heterocycles. The molecule has 0 bridgehead atoms. The number of aromatic hydroxyl groups is 1. The van der Waals surface area contributed by atoms with Gasteiger partial charge in [0.25, 0.3) is 0 Å². The second kappa shape index (κ2) is 4.35. The zero-order valence-electron chi connectivity index (χ0n) is 10.4. The molecule has 0 aliphatic heterocycles. The summed E-state index contributed by atoms with van der Waals surface area (Å²) in [5.41, 5.74) is 4.13. The highest BCUT2D eigenvalue weighted by Crippen LogP contribution is 2.28. The van der Waals surface area contributed by atoms with Gasteiger partial charge in [0, 0.05) is 29.7 Å². The molecule has 94 valence electrons. The van der Waals surface area contributed by atoms with Crippen LogP contribution < -0.4 is 0 Å². The number of fused-ring (bicyclic) bond motifs is 2. The molecule has 0 atom stereocenters. The fourth-order valence-corrected chi connectivity index (χ4v) is 2.60. The molecule has 1 aliphatic rings. The van der Waals surface area contributed by atoms with E-state index in [2.05, 4.69) is 0 Å². The van der Waals surface area contributed by atoms with Crippen LogP contribution in [0.5, 0.6) is 5.75 Å². The molecular weight excluding hydrogens is 236 g/mol. The molecule has 0 unspecified atom stereocenters. The van der Waals surface area contributed by atoms with Crippen LogP contribution in [0.3, 0.4) is 0 Å². The second-order valence-electron chi connectivity index (χ2n) is 4.80. The lowest BCUT2D eigenvalue weighted by Gasteiger charge is -2.19. The van der Waals surface area contributed by atoms with Gasteiger partial charge in [-0.2, -0.15) is 0 Å². The first-order chi connectivity index (χ1) is 9.16. The van der Waals surface area contributed by atoms with Crippen molar-refractivity contribution in [1.29, 1.82) is 10.8 Å². The van der Waals surface area contributed by atoms with Crippen molar-refractivity contribution in [3.63, 3.8) is 0 Å². The number of benzene rings is 2. The van der Waals surface area contributed by atoms with E-state index in [1.165, 1.54) is 0 Å². The van der Waals surface area contributed by atoms with Crippen molar-refractivity contribution in [3.05, 3.63) is 64.7 Å². The minimum atomic E-state index is 0.118. The van der Waals surface area contributed by atoms with Gasteiger partial charge in [-0.25, -0.2) is 0 Å². The molecule has 0 amide bonds. The normalized spacial score (nSPS) is 14.3. The maximum Gasteiger partial charge on any atom is 0.125 e. The van der Waals surface area contributed by atoms with Gasteiger partial charge in [-0.1, -0.05) is 36.4 Å². The summed E-state index contributed by atoms with van der Waals surface area (Å²) in [6.07, 6.45) is 1.05. The van der Waals surface area contributed by atoms with E-state index in [0.717, 1.165) is 16.7 Å². The Labute approximate surface area is 111 Å². The molecule has 0 heterocycles. The van der Waals surface area contributed by atoms with E-state index in [9.17, 15) is 5.11 Å². The molecule has 3 nitrogen and oxygen atoms in total. The summed E-state index contributed by atoms with van der Waals surface area (Å²) in [5.74, 6) is 0.118. The van der Waals surface area contributed by atoms with Gasteiger partial charge in [-0.05, 0) is 17.2 Å². The fraction of sp³-hybridized carbons (Fsp3) is 0.125. The van der Waals surface area contributed by atoms with Crippen molar-refractivity contribution in [2.24, 2.45) is 0 Å². The highest BCUT2D eigenvalue weighted by atomic mass is 16.3. The van der Waals surface area contributed by atoms with Gasteiger partial charge in [0.2, 0.25) is 0 Å². The molecule has 0 radical (unpaired) electrons. The predicted molar refractivity (Wildman–Crippen MR) is 75.6 cm³/mol. The predicted octanol–water partition coefficient (Wildman–Crippen LogP) is 2.93. The average Bonchev–Trinajstić information content (AvgIpc) is 2.37. The van der Waals surface area contributed by atoms with E-state index in [1.54, 1.807) is 12.1 Å². The van der Waals surface area contributed by atoms with Gasteiger partial charge < -0.3 is 10.5 Å². The Balaban J connectivity index is 2.28. The smallest absolute Gasteiger partial charge is 0.125 e. The summed E-state index contributed by atoms with van der Waals surface area (Å²) in [5, 5.41) is 26.5. The average molecular weight is 250 g/mol. The third kappa shape index (κ3) is 1.93. The molecular formula is C16H14N2O. The summed E-state index contributed by atoms with van der Waals surface area (Å²) in [6.45, 7) is 0. The minimum absolute atomic E-state index is 0.118. The van der Waals surface area contributed by atoms with Gasteiger partial charge in [0.15, 0.2) is 0 Å². The van der Waals surface area contributed by atoms with Crippen LogP contribution in [0, 0.1) is 10.8 Å². The van der Waals surface area contributed by atoms with Crippen molar-refractivity contribution < 1.29 is 5.11 Å². The number of phenols is 1. The van der Waals surface area contributed by atoms with Crippen LogP contribution in [0.25, 0.3) is 0 Å². The first-order valence-corrected chi connectivity index (χ1v) is 6.21. The maximum atomic E-state index is 10.0. The van der Waals surface area contributed by atoms with E-state index in [-0.39, 0.29) is 5.75 Å². The van der Waals surface area contributed by atoms with E-state index < -0.39 is 0 Å². The lowest BCUT2D eigenvalue weighted by molar-refractivity contribution is 0.473. The molecule has 0 fully saturated rings. The third-order valence-electron chi connectivity index (χ3n) is 3.47. The number of nitrogens with one attached hydrogen (secondary N) is 2. The Kier molecular flexibility index (Phi) is 2.67. The molecule has 2 aromatic carbocycles. The Bertz CT molecular complexity index is 689. The molecule has 0 aromatic heterocycles. The maximum absolute atomic E-state index is 10.0. The molecule has 19 heavy (non-hydrogen) atoms. The second-order valence-corrected chi connectivity index (χ2v) is 4.80. The highest BCUT2D eigenvalue weighted by Gasteiger charge is 2.21. The summed E-state index contributed by atoms with van der Waals surface area (Å²) in [7, 11) is 0. The van der Waals surface area contributed by atoms with Gasteiger partial charge in [0.1, 0.15) is 5.75 Å². The summed E-state index contributed by atoms with van der Waals surface area (Å²) in [6, 6.07) is 12.9.